The number of ether oxygens (including phenoxy) is 1. The molecule has 4 nitrogen and oxygen atoms in total. The Hall–Kier alpha value is -1.76. The molecule has 0 bridgehead atoms. The maximum absolute atomic E-state index is 13.0. The Morgan fingerprint density at radius 1 is 1.53 bits per heavy atom. The summed E-state index contributed by atoms with van der Waals surface area (Å²) in [6.45, 7) is 0.172. The van der Waals surface area contributed by atoms with Crippen molar-refractivity contribution in [2.75, 3.05) is 11.9 Å². The number of halogens is 2. The summed E-state index contributed by atoms with van der Waals surface area (Å²) in [5, 5.41) is 3.00. The van der Waals surface area contributed by atoms with E-state index < -0.39 is 24.4 Å². The fraction of sp³-hybridized carbons (Fsp3) is 0.333. The summed E-state index contributed by atoms with van der Waals surface area (Å²) in [5.41, 5.74) is 3.44. The van der Waals surface area contributed by atoms with E-state index in [9.17, 15) is 13.6 Å². The normalized spacial score (nSPS) is 21.6. The minimum atomic E-state index is -3.35. The van der Waals surface area contributed by atoms with Crippen molar-refractivity contribution in [3.8, 4) is 0 Å². The van der Waals surface area contributed by atoms with Crippen LogP contribution in [-0.2, 0) is 9.53 Å². The summed E-state index contributed by atoms with van der Waals surface area (Å²) >= 11 is 1.50. The van der Waals surface area contributed by atoms with Crippen LogP contribution in [0.15, 0.2) is 23.7 Å². The number of hydrogen-bond acceptors (Lipinski definition) is 5. The van der Waals surface area contributed by atoms with Crippen LogP contribution in [0.1, 0.15) is 6.42 Å². The minimum Gasteiger partial charge on any atom is -0.456 e. The van der Waals surface area contributed by atoms with Crippen molar-refractivity contribution in [2.24, 2.45) is 0 Å². The fourth-order valence-electron chi connectivity index (χ4n) is 1.96. The molecule has 0 aliphatic carbocycles. The van der Waals surface area contributed by atoms with Gasteiger partial charge >= 0.3 is 11.9 Å². The number of benzene rings is 1. The van der Waals surface area contributed by atoms with Crippen molar-refractivity contribution in [2.45, 2.75) is 18.4 Å². The Morgan fingerprint density at radius 3 is 3.11 bits per heavy atom. The van der Waals surface area contributed by atoms with Gasteiger partial charge in [0, 0.05) is 5.69 Å². The molecule has 1 aliphatic heterocycles. The van der Waals surface area contributed by atoms with Gasteiger partial charge in [0.1, 0.15) is 6.10 Å². The summed E-state index contributed by atoms with van der Waals surface area (Å²) < 4.78 is 31.6. The number of cyclic esters (lactones) is 1. The molecule has 1 N–H and O–H groups in total. The van der Waals surface area contributed by atoms with E-state index in [0.717, 1.165) is 15.9 Å². The van der Waals surface area contributed by atoms with Gasteiger partial charge in [0.15, 0.2) is 0 Å². The number of nitrogens with zero attached hydrogens (tertiary/aromatic N) is 1. The zero-order valence-electron chi connectivity index (χ0n) is 9.73. The second kappa shape index (κ2) is 4.41. The van der Waals surface area contributed by atoms with Crippen LogP contribution in [0.3, 0.4) is 0 Å². The molecular formula is C12H10F2N2O2S. The van der Waals surface area contributed by atoms with Gasteiger partial charge in [0.2, 0.25) is 0 Å². The van der Waals surface area contributed by atoms with Crippen LogP contribution >= 0.6 is 11.3 Å². The van der Waals surface area contributed by atoms with Crippen LogP contribution in [0.2, 0.25) is 0 Å². The van der Waals surface area contributed by atoms with Crippen molar-refractivity contribution in [1.29, 1.82) is 0 Å². The first-order valence-corrected chi connectivity index (χ1v) is 6.58. The Labute approximate surface area is 111 Å². The monoisotopic (exact) mass is 284 g/mol. The molecule has 1 aliphatic rings. The Balaban J connectivity index is 1.65. The topological polar surface area (TPSA) is 51.2 Å². The average molecular weight is 284 g/mol. The molecule has 2 aromatic rings. The Kier molecular flexibility index (Phi) is 2.85. The van der Waals surface area contributed by atoms with Crippen molar-refractivity contribution in [3.63, 3.8) is 0 Å². The highest BCUT2D eigenvalue weighted by atomic mass is 32.1. The molecule has 0 spiro atoms. The number of anilines is 1. The number of thiazole rings is 1. The molecule has 0 amide bonds. The Bertz CT molecular complexity index is 629. The summed E-state index contributed by atoms with van der Waals surface area (Å²) in [6.07, 6.45) is -1.36. The highest BCUT2D eigenvalue weighted by Crippen LogP contribution is 2.31. The van der Waals surface area contributed by atoms with Crippen LogP contribution in [0.25, 0.3) is 10.2 Å². The third kappa shape index (κ3) is 2.37. The zero-order valence-corrected chi connectivity index (χ0v) is 10.5. The predicted octanol–water partition coefficient (Wildman–Crippen LogP) is 2.66. The second-order valence-electron chi connectivity index (χ2n) is 4.35. The molecule has 3 rings (SSSR count). The SMILES string of the molecule is O=C1OC(CNc2ccc3ncsc3c2)CC1(F)F. The molecule has 2 heterocycles. The molecule has 1 aromatic heterocycles. The predicted molar refractivity (Wildman–Crippen MR) is 67.6 cm³/mol. The summed E-state index contributed by atoms with van der Waals surface area (Å²) in [5.74, 6) is -4.79. The minimum absolute atomic E-state index is 0.172. The van der Waals surface area contributed by atoms with Crippen LogP contribution in [0.4, 0.5) is 14.5 Å². The average Bonchev–Trinajstić information content (AvgIpc) is 2.91. The first-order chi connectivity index (χ1) is 9.04. The number of fused-ring (bicyclic) bond motifs is 1. The van der Waals surface area contributed by atoms with E-state index >= 15 is 0 Å². The molecule has 1 saturated heterocycles. The molecule has 0 radical (unpaired) electrons. The van der Waals surface area contributed by atoms with Gasteiger partial charge in [-0.3, -0.25) is 0 Å². The van der Waals surface area contributed by atoms with Gasteiger partial charge in [-0.2, -0.15) is 8.78 Å². The number of carbonyl (C=O) groups is 1. The van der Waals surface area contributed by atoms with Crippen LogP contribution < -0.4 is 5.32 Å². The lowest BCUT2D eigenvalue weighted by Gasteiger charge is -2.11. The third-order valence-electron chi connectivity index (χ3n) is 2.92. The lowest BCUT2D eigenvalue weighted by atomic mass is 10.2. The van der Waals surface area contributed by atoms with Gasteiger partial charge in [0.25, 0.3) is 0 Å². The van der Waals surface area contributed by atoms with Gasteiger partial charge in [-0.25, -0.2) is 9.78 Å². The molecule has 0 saturated carbocycles. The lowest BCUT2D eigenvalue weighted by molar-refractivity contribution is -0.158. The summed E-state index contributed by atoms with van der Waals surface area (Å²) in [4.78, 5) is 15.0. The van der Waals surface area contributed by atoms with E-state index in [-0.39, 0.29) is 6.54 Å². The number of hydrogen-bond donors (Lipinski definition) is 1. The van der Waals surface area contributed by atoms with Crippen molar-refractivity contribution < 1.29 is 18.3 Å². The molecule has 1 aromatic carbocycles. The van der Waals surface area contributed by atoms with Gasteiger partial charge < -0.3 is 10.1 Å². The second-order valence-corrected chi connectivity index (χ2v) is 5.24. The van der Waals surface area contributed by atoms with E-state index in [0.29, 0.717) is 0 Å². The van der Waals surface area contributed by atoms with E-state index in [1.54, 1.807) is 5.51 Å². The van der Waals surface area contributed by atoms with Crippen LogP contribution in [0.5, 0.6) is 0 Å². The maximum Gasteiger partial charge on any atom is 0.377 e. The first-order valence-electron chi connectivity index (χ1n) is 5.71. The van der Waals surface area contributed by atoms with Gasteiger partial charge in [-0.1, -0.05) is 0 Å². The maximum atomic E-state index is 13.0. The van der Waals surface area contributed by atoms with E-state index in [4.69, 9.17) is 0 Å². The molecule has 19 heavy (non-hydrogen) atoms. The molecule has 1 unspecified atom stereocenters. The van der Waals surface area contributed by atoms with Crippen LogP contribution in [0, 0.1) is 0 Å². The van der Waals surface area contributed by atoms with E-state index in [1.807, 2.05) is 18.2 Å². The first kappa shape index (κ1) is 12.3. The zero-order chi connectivity index (χ0) is 13.5. The third-order valence-corrected chi connectivity index (χ3v) is 3.71. The number of aromatic nitrogens is 1. The number of nitrogens with one attached hydrogen (secondary N) is 1. The largest absolute Gasteiger partial charge is 0.456 e. The quantitative estimate of drug-likeness (QED) is 0.880. The number of alkyl halides is 2. The number of rotatable bonds is 3. The standard InChI is InChI=1S/C12H10F2N2O2S/c13-12(14)4-8(18-11(12)17)5-15-7-1-2-9-10(3-7)19-6-16-9/h1-3,6,8,15H,4-5H2. The van der Waals surface area contributed by atoms with Crippen molar-refractivity contribution in [1.82, 2.24) is 4.98 Å². The summed E-state index contributed by atoms with van der Waals surface area (Å²) in [6, 6.07) is 5.56. The van der Waals surface area contributed by atoms with Gasteiger partial charge in [0.05, 0.1) is 28.7 Å². The highest BCUT2D eigenvalue weighted by Gasteiger charge is 2.50. The van der Waals surface area contributed by atoms with Gasteiger partial charge in [-0.15, -0.1) is 11.3 Å². The highest BCUT2D eigenvalue weighted by molar-refractivity contribution is 7.16. The van der Waals surface area contributed by atoms with Crippen molar-refractivity contribution in [3.05, 3.63) is 23.7 Å². The van der Waals surface area contributed by atoms with Gasteiger partial charge in [-0.05, 0) is 18.2 Å². The molecule has 100 valence electrons. The summed E-state index contributed by atoms with van der Waals surface area (Å²) in [7, 11) is 0. The lowest BCUT2D eigenvalue weighted by Crippen LogP contribution is -2.22. The molecule has 1 fully saturated rings. The smallest absolute Gasteiger partial charge is 0.377 e. The molecular weight excluding hydrogens is 274 g/mol. The van der Waals surface area contributed by atoms with Crippen molar-refractivity contribution >= 4 is 33.2 Å². The molecule has 7 heteroatoms. The van der Waals surface area contributed by atoms with E-state index in [1.165, 1.54) is 11.3 Å². The van der Waals surface area contributed by atoms with E-state index in [2.05, 4.69) is 15.0 Å². The number of carbonyl (C=O) groups excluding carboxylic acids is 1. The molecule has 1 atom stereocenters. The van der Waals surface area contributed by atoms with Crippen LogP contribution in [-0.4, -0.2) is 29.5 Å². The fourth-order valence-corrected chi connectivity index (χ4v) is 2.68. The Morgan fingerprint density at radius 2 is 2.37 bits per heavy atom. The number of esters is 1.